The van der Waals surface area contributed by atoms with Crippen LogP contribution < -0.4 is 0 Å². The van der Waals surface area contributed by atoms with E-state index in [0.29, 0.717) is 5.71 Å². The van der Waals surface area contributed by atoms with Crippen molar-refractivity contribution in [1.82, 2.24) is 4.98 Å². The average molecular weight is 435 g/mol. The van der Waals surface area contributed by atoms with Gasteiger partial charge in [0.15, 0.2) is 0 Å². The Morgan fingerprint density at radius 3 is 2.55 bits per heavy atom. The first kappa shape index (κ1) is 21.4. The Morgan fingerprint density at radius 2 is 1.79 bits per heavy atom. The Hall–Kier alpha value is -3.46. The average Bonchev–Trinajstić information content (AvgIpc) is 3.50. The first-order valence-electron chi connectivity index (χ1n) is 11.8. The molecule has 3 nitrogen and oxygen atoms in total. The number of aliphatic imine (C=N–C) groups is 1. The summed E-state index contributed by atoms with van der Waals surface area (Å²) in [5.74, 6) is 0.732. The number of furan rings is 1. The molecule has 2 aromatic heterocycles. The van der Waals surface area contributed by atoms with Crippen LogP contribution in [-0.4, -0.2) is 18.2 Å². The molecule has 0 aliphatic heterocycles. The minimum atomic E-state index is 0.684. The minimum Gasteiger partial charge on any atom is -0.437 e. The van der Waals surface area contributed by atoms with Gasteiger partial charge in [-0.15, -0.1) is 0 Å². The zero-order valence-electron chi connectivity index (χ0n) is 19.6. The van der Waals surface area contributed by atoms with Crippen LogP contribution in [0, 0.1) is 6.92 Å². The van der Waals surface area contributed by atoms with E-state index in [4.69, 9.17) is 4.42 Å². The van der Waals surface area contributed by atoms with E-state index in [-0.39, 0.29) is 0 Å². The second-order valence-electron chi connectivity index (χ2n) is 9.05. The van der Waals surface area contributed by atoms with Crippen molar-refractivity contribution in [2.24, 2.45) is 4.99 Å². The maximum atomic E-state index is 6.19. The third-order valence-corrected chi connectivity index (χ3v) is 6.87. The van der Waals surface area contributed by atoms with Gasteiger partial charge < -0.3 is 4.42 Å². The molecule has 1 aliphatic rings. The molecule has 0 spiro atoms. The molecule has 166 valence electrons. The lowest BCUT2D eigenvalue weighted by Gasteiger charge is -2.11. The number of benzene rings is 2. The second kappa shape index (κ2) is 9.19. The van der Waals surface area contributed by atoms with Gasteiger partial charge in [0.05, 0.1) is 0 Å². The number of rotatable bonds is 5. The van der Waals surface area contributed by atoms with E-state index in [1.807, 2.05) is 19.3 Å². The summed E-state index contributed by atoms with van der Waals surface area (Å²) < 4.78 is 6.19. The lowest BCUT2D eigenvalue weighted by molar-refractivity contribution is 0.652. The van der Waals surface area contributed by atoms with Crippen molar-refractivity contribution in [2.75, 3.05) is 7.05 Å². The predicted octanol–water partition coefficient (Wildman–Crippen LogP) is 8.13. The van der Waals surface area contributed by atoms with Crippen molar-refractivity contribution >= 4 is 39.4 Å². The molecule has 0 unspecified atom stereocenters. The number of aromatic nitrogens is 1. The summed E-state index contributed by atoms with van der Waals surface area (Å²) in [5, 5.41) is 2.16. The topological polar surface area (TPSA) is 38.4 Å². The highest BCUT2D eigenvalue weighted by atomic mass is 16.3. The maximum absolute atomic E-state index is 6.19. The summed E-state index contributed by atoms with van der Waals surface area (Å²) in [6, 6.07) is 17.4. The number of pyridine rings is 1. The normalized spacial score (nSPS) is 16.0. The monoisotopic (exact) mass is 434 g/mol. The summed E-state index contributed by atoms with van der Waals surface area (Å²) in [5.41, 5.74) is 8.82. The van der Waals surface area contributed by atoms with Crippen LogP contribution in [0.3, 0.4) is 0 Å². The Balaban J connectivity index is 1.52. The van der Waals surface area contributed by atoms with E-state index in [9.17, 15) is 0 Å². The van der Waals surface area contributed by atoms with Crippen LogP contribution in [-0.2, 0) is 0 Å². The van der Waals surface area contributed by atoms with E-state index in [0.717, 1.165) is 39.0 Å². The number of aryl methyl sites for hydroxylation is 1. The molecule has 33 heavy (non-hydrogen) atoms. The fraction of sp³-hybridized carbons (Fsp3) is 0.267. The standard InChI is InChI=1S/C30H30N2O/c1-20(28-21(2)11-17-26-27-9-6-18-32-30(27)33-29(26)28)10-12-25(19-31-3)24-15-13-23(14-16-24)22-7-4-5-8-22/h6,9-19,22H,4-5,7-8H2,1-3H3/b20-10+,25-12+,31-19+. The lowest BCUT2D eigenvalue weighted by Crippen LogP contribution is -1.93. The summed E-state index contributed by atoms with van der Waals surface area (Å²) in [4.78, 5) is 8.72. The summed E-state index contributed by atoms with van der Waals surface area (Å²) in [6.07, 6.45) is 13.4. The summed E-state index contributed by atoms with van der Waals surface area (Å²) >= 11 is 0. The van der Waals surface area contributed by atoms with Crippen LogP contribution in [0.15, 0.2) is 76.3 Å². The molecule has 0 atom stereocenters. The molecule has 0 bridgehead atoms. The van der Waals surface area contributed by atoms with E-state index < -0.39 is 0 Å². The van der Waals surface area contributed by atoms with E-state index in [2.05, 4.69) is 78.4 Å². The largest absolute Gasteiger partial charge is 0.437 e. The van der Waals surface area contributed by atoms with Gasteiger partial charge in [-0.1, -0.05) is 61.4 Å². The Kier molecular flexibility index (Phi) is 5.95. The van der Waals surface area contributed by atoms with E-state index >= 15 is 0 Å². The van der Waals surface area contributed by atoms with E-state index in [1.54, 1.807) is 6.20 Å². The predicted molar refractivity (Wildman–Crippen MR) is 140 cm³/mol. The minimum absolute atomic E-state index is 0.684. The Morgan fingerprint density at radius 1 is 1.00 bits per heavy atom. The molecular weight excluding hydrogens is 404 g/mol. The highest BCUT2D eigenvalue weighted by molar-refractivity contribution is 6.11. The number of hydrogen-bond donors (Lipinski definition) is 0. The van der Waals surface area contributed by atoms with Gasteiger partial charge in [0.2, 0.25) is 5.71 Å². The first-order chi connectivity index (χ1) is 16.2. The molecular formula is C30H30N2O. The molecule has 2 heterocycles. The van der Waals surface area contributed by atoms with Crippen LogP contribution in [0.1, 0.15) is 60.8 Å². The van der Waals surface area contributed by atoms with Crippen LogP contribution >= 0.6 is 0 Å². The van der Waals surface area contributed by atoms with Crippen molar-refractivity contribution in [2.45, 2.75) is 45.4 Å². The number of hydrogen-bond acceptors (Lipinski definition) is 3. The van der Waals surface area contributed by atoms with Gasteiger partial charge in [-0.05, 0) is 72.6 Å². The van der Waals surface area contributed by atoms with Crippen molar-refractivity contribution in [3.05, 3.63) is 89.1 Å². The summed E-state index contributed by atoms with van der Waals surface area (Å²) in [7, 11) is 1.82. The maximum Gasteiger partial charge on any atom is 0.227 e. The Labute approximate surface area is 195 Å². The van der Waals surface area contributed by atoms with Gasteiger partial charge in [0.25, 0.3) is 0 Å². The Bertz CT molecular complexity index is 1380. The van der Waals surface area contributed by atoms with Crippen LogP contribution in [0.5, 0.6) is 0 Å². The van der Waals surface area contributed by atoms with Crippen molar-refractivity contribution in [3.63, 3.8) is 0 Å². The fourth-order valence-electron chi connectivity index (χ4n) is 5.12. The lowest BCUT2D eigenvalue weighted by atomic mass is 9.94. The highest BCUT2D eigenvalue weighted by Crippen LogP contribution is 2.36. The quantitative estimate of drug-likeness (QED) is 0.235. The molecule has 3 heteroatoms. The molecule has 4 aromatic rings. The molecule has 1 saturated carbocycles. The van der Waals surface area contributed by atoms with Crippen LogP contribution in [0.4, 0.5) is 0 Å². The molecule has 0 radical (unpaired) electrons. The second-order valence-corrected chi connectivity index (χ2v) is 9.05. The zero-order chi connectivity index (χ0) is 22.8. The molecule has 2 aromatic carbocycles. The van der Waals surface area contributed by atoms with Crippen LogP contribution in [0.25, 0.3) is 33.2 Å². The zero-order valence-corrected chi connectivity index (χ0v) is 19.6. The van der Waals surface area contributed by atoms with Crippen molar-refractivity contribution < 1.29 is 4.42 Å². The number of nitrogens with zero attached hydrogens (tertiary/aromatic N) is 2. The molecule has 5 rings (SSSR count). The van der Waals surface area contributed by atoms with Gasteiger partial charge in [0.1, 0.15) is 5.58 Å². The molecule has 1 fully saturated rings. The smallest absolute Gasteiger partial charge is 0.227 e. The number of allylic oxidation sites excluding steroid dienone is 4. The third kappa shape index (κ3) is 4.16. The molecule has 1 aliphatic carbocycles. The SMILES string of the molecule is C/N=C/C(=C\C=C(/C)c1c(C)ccc2c1oc1ncccc12)c1ccc(C2CCCC2)cc1. The molecule has 0 saturated heterocycles. The fourth-order valence-corrected chi connectivity index (χ4v) is 5.12. The highest BCUT2D eigenvalue weighted by Gasteiger charge is 2.17. The summed E-state index contributed by atoms with van der Waals surface area (Å²) in [6.45, 7) is 4.27. The number of fused-ring (bicyclic) bond motifs is 3. The van der Waals surface area contributed by atoms with Crippen molar-refractivity contribution in [1.29, 1.82) is 0 Å². The van der Waals surface area contributed by atoms with Gasteiger partial charge in [-0.2, -0.15) is 0 Å². The third-order valence-electron chi connectivity index (χ3n) is 6.87. The molecule has 0 amide bonds. The van der Waals surface area contributed by atoms with Gasteiger partial charge in [-0.3, -0.25) is 4.99 Å². The first-order valence-corrected chi connectivity index (χ1v) is 11.8. The van der Waals surface area contributed by atoms with E-state index in [1.165, 1.54) is 42.4 Å². The molecule has 0 N–H and O–H groups in total. The van der Waals surface area contributed by atoms with Gasteiger partial charge >= 0.3 is 0 Å². The van der Waals surface area contributed by atoms with Gasteiger partial charge in [0, 0.05) is 35.8 Å². The van der Waals surface area contributed by atoms with Crippen molar-refractivity contribution in [3.8, 4) is 0 Å². The van der Waals surface area contributed by atoms with Gasteiger partial charge in [-0.25, -0.2) is 4.98 Å². The van der Waals surface area contributed by atoms with Crippen LogP contribution in [0.2, 0.25) is 0 Å².